The first-order chi connectivity index (χ1) is 13.5. The fourth-order valence-electron chi connectivity index (χ4n) is 3.40. The molecule has 1 atom stereocenters. The van der Waals surface area contributed by atoms with E-state index in [0.29, 0.717) is 22.8 Å². The molecule has 0 fully saturated rings. The van der Waals surface area contributed by atoms with Crippen molar-refractivity contribution >= 4 is 16.9 Å². The van der Waals surface area contributed by atoms with Crippen molar-refractivity contribution in [3.8, 4) is 17.2 Å². The van der Waals surface area contributed by atoms with Gasteiger partial charge < -0.3 is 23.9 Å². The molecule has 0 saturated heterocycles. The Bertz CT molecular complexity index is 1140. The molecule has 3 aromatic rings. The van der Waals surface area contributed by atoms with Crippen molar-refractivity contribution in [2.45, 2.75) is 6.04 Å². The SMILES string of the molecule is COc1cc([C@H]2NC(=O)c3oc4ccc(F)cc4c(=O)c32)cc(OC)c1OC. The molecule has 1 aliphatic rings. The van der Waals surface area contributed by atoms with Gasteiger partial charge >= 0.3 is 0 Å². The molecule has 2 aromatic carbocycles. The van der Waals surface area contributed by atoms with Crippen LogP contribution in [0.4, 0.5) is 4.39 Å². The molecule has 0 spiro atoms. The molecule has 0 bridgehead atoms. The lowest BCUT2D eigenvalue weighted by atomic mass is 9.98. The van der Waals surface area contributed by atoms with Gasteiger partial charge in [-0.3, -0.25) is 9.59 Å². The number of halogens is 1. The predicted molar refractivity (Wildman–Crippen MR) is 97.8 cm³/mol. The summed E-state index contributed by atoms with van der Waals surface area (Å²) in [5, 5.41) is 2.79. The van der Waals surface area contributed by atoms with E-state index in [0.717, 1.165) is 6.07 Å². The molecule has 1 N–H and O–H groups in total. The fourth-order valence-corrected chi connectivity index (χ4v) is 3.40. The molecule has 1 amide bonds. The van der Waals surface area contributed by atoms with Gasteiger partial charge in [0.1, 0.15) is 11.4 Å². The standard InChI is InChI=1S/C20H16FNO6/c1-25-13-6-9(7-14(26-2)18(13)27-3)16-15-17(23)11-8-10(21)4-5-12(11)28-19(15)20(24)22-16/h4-8,16H,1-3H3,(H,22,24)/t16-/m1/s1. The van der Waals surface area contributed by atoms with E-state index < -0.39 is 23.2 Å². The van der Waals surface area contributed by atoms with Gasteiger partial charge in [-0.15, -0.1) is 0 Å². The van der Waals surface area contributed by atoms with Crippen LogP contribution in [0.5, 0.6) is 17.2 Å². The van der Waals surface area contributed by atoms with E-state index in [4.69, 9.17) is 18.6 Å². The zero-order valence-electron chi connectivity index (χ0n) is 15.3. The van der Waals surface area contributed by atoms with E-state index in [-0.39, 0.29) is 22.3 Å². The van der Waals surface area contributed by atoms with Crippen molar-refractivity contribution in [1.29, 1.82) is 0 Å². The Labute approximate surface area is 158 Å². The monoisotopic (exact) mass is 385 g/mol. The molecule has 4 rings (SSSR count). The third-order valence-electron chi connectivity index (χ3n) is 4.68. The molecule has 7 nitrogen and oxygen atoms in total. The van der Waals surface area contributed by atoms with E-state index in [1.54, 1.807) is 12.1 Å². The summed E-state index contributed by atoms with van der Waals surface area (Å²) >= 11 is 0. The number of nitrogens with one attached hydrogen (secondary N) is 1. The second-order valence-corrected chi connectivity index (χ2v) is 6.18. The van der Waals surface area contributed by atoms with Gasteiger partial charge in [0.2, 0.25) is 11.5 Å². The van der Waals surface area contributed by atoms with Crippen LogP contribution in [0.1, 0.15) is 27.7 Å². The molecule has 0 unspecified atom stereocenters. The van der Waals surface area contributed by atoms with Gasteiger partial charge in [-0.1, -0.05) is 0 Å². The van der Waals surface area contributed by atoms with Crippen LogP contribution in [0, 0.1) is 5.82 Å². The number of ether oxygens (including phenoxy) is 3. The Hall–Kier alpha value is -3.55. The molecular weight excluding hydrogens is 369 g/mol. The molecule has 2 heterocycles. The Morgan fingerprint density at radius 1 is 1.00 bits per heavy atom. The normalized spacial score (nSPS) is 15.3. The molecule has 1 aromatic heterocycles. The number of hydrogen-bond donors (Lipinski definition) is 1. The molecule has 8 heteroatoms. The maximum atomic E-state index is 13.6. The highest BCUT2D eigenvalue weighted by Crippen LogP contribution is 2.42. The van der Waals surface area contributed by atoms with Crippen LogP contribution in [-0.4, -0.2) is 27.2 Å². The summed E-state index contributed by atoms with van der Waals surface area (Å²) in [6.45, 7) is 0. The third-order valence-corrected chi connectivity index (χ3v) is 4.68. The van der Waals surface area contributed by atoms with E-state index >= 15 is 0 Å². The summed E-state index contributed by atoms with van der Waals surface area (Å²) in [5.74, 6) is -0.0706. The second-order valence-electron chi connectivity index (χ2n) is 6.18. The Morgan fingerprint density at radius 2 is 1.68 bits per heavy atom. The lowest BCUT2D eigenvalue weighted by molar-refractivity contribution is 0.0937. The van der Waals surface area contributed by atoms with Crippen molar-refractivity contribution in [2.24, 2.45) is 0 Å². The number of methoxy groups -OCH3 is 3. The minimum Gasteiger partial charge on any atom is -0.493 e. The fraction of sp³-hybridized carbons (Fsp3) is 0.200. The minimum atomic E-state index is -0.805. The highest BCUT2D eigenvalue weighted by atomic mass is 19.1. The minimum absolute atomic E-state index is 0.0627. The van der Waals surface area contributed by atoms with Gasteiger partial charge in [0.25, 0.3) is 5.91 Å². The van der Waals surface area contributed by atoms with E-state index in [1.165, 1.54) is 33.5 Å². The molecule has 28 heavy (non-hydrogen) atoms. The highest BCUT2D eigenvalue weighted by molar-refractivity contribution is 5.99. The van der Waals surface area contributed by atoms with Crippen molar-refractivity contribution in [1.82, 2.24) is 5.32 Å². The van der Waals surface area contributed by atoms with Crippen molar-refractivity contribution < 1.29 is 27.8 Å². The molecule has 0 saturated carbocycles. The van der Waals surface area contributed by atoms with Crippen LogP contribution in [-0.2, 0) is 0 Å². The number of amides is 1. The molecule has 1 aliphatic heterocycles. The van der Waals surface area contributed by atoms with Crippen molar-refractivity contribution in [2.75, 3.05) is 21.3 Å². The first-order valence-corrected chi connectivity index (χ1v) is 8.35. The summed E-state index contributed by atoms with van der Waals surface area (Å²) < 4.78 is 35.2. The largest absolute Gasteiger partial charge is 0.493 e. The summed E-state index contributed by atoms with van der Waals surface area (Å²) in [6, 6.07) is 6.05. The van der Waals surface area contributed by atoms with Crippen LogP contribution >= 0.6 is 0 Å². The molecular formula is C20H16FNO6. The predicted octanol–water partition coefficient (Wildman–Crippen LogP) is 2.79. The zero-order valence-corrected chi connectivity index (χ0v) is 15.3. The van der Waals surface area contributed by atoms with Gasteiger partial charge in [-0.2, -0.15) is 0 Å². The topological polar surface area (TPSA) is 87.0 Å². The number of hydrogen-bond acceptors (Lipinski definition) is 6. The summed E-state index contributed by atoms with van der Waals surface area (Å²) in [5.41, 5.74) is 0.306. The first-order valence-electron chi connectivity index (χ1n) is 8.35. The average Bonchev–Trinajstić information content (AvgIpc) is 3.04. The van der Waals surface area contributed by atoms with Gasteiger partial charge in [0.15, 0.2) is 16.9 Å². The first kappa shape index (κ1) is 17.8. The maximum Gasteiger partial charge on any atom is 0.288 e. The van der Waals surface area contributed by atoms with E-state index in [2.05, 4.69) is 5.32 Å². The smallest absolute Gasteiger partial charge is 0.288 e. The lowest BCUT2D eigenvalue weighted by Crippen LogP contribution is -2.22. The lowest BCUT2D eigenvalue weighted by Gasteiger charge is -2.17. The van der Waals surface area contributed by atoms with Crippen LogP contribution < -0.4 is 25.0 Å². The number of benzene rings is 2. The van der Waals surface area contributed by atoms with Crippen LogP contribution in [0.2, 0.25) is 0 Å². The number of carbonyl (C=O) groups is 1. The van der Waals surface area contributed by atoms with Gasteiger partial charge in [0.05, 0.1) is 38.3 Å². The van der Waals surface area contributed by atoms with Crippen LogP contribution in [0.25, 0.3) is 11.0 Å². The molecule has 144 valence electrons. The molecule has 0 aliphatic carbocycles. The van der Waals surface area contributed by atoms with Crippen molar-refractivity contribution in [3.05, 3.63) is 63.3 Å². The molecule has 0 radical (unpaired) electrons. The van der Waals surface area contributed by atoms with Gasteiger partial charge in [-0.05, 0) is 35.9 Å². The van der Waals surface area contributed by atoms with Gasteiger partial charge in [-0.25, -0.2) is 4.39 Å². The average molecular weight is 385 g/mol. The highest BCUT2D eigenvalue weighted by Gasteiger charge is 2.37. The summed E-state index contributed by atoms with van der Waals surface area (Å²) in [4.78, 5) is 25.5. The number of carbonyl (C=O) groups excluding carboxylic acids is 1. The quantitative estimate of drug-likeness (QED) is 0.743. The number of rotatable bonds is 4. The van der Waals surface area contributed by atoms with Gasteiger partial charge in [0, 0.05) is 0 Å². The Morgan fingerprint density at radius 3 is 2.29 bits per heavy atom. The summed E-state index contributed by atoms with van der Waals surface area (Å²) in [6.07, 6.45) is 0. The van der Waals surface area contributed by atoms with Crippen molar-refractivity contribution in [3.63, 3.8) is 0 Å². The van der Waals surface area contributed by atoms with E-state index in [1.807, 2.05) is 0 Å². The van der Waals surface area contributed by atoms with E-state index in [9.17, 15) is 14.0 Å². The third kappa shape index (κ3) is 2.57. The van der Waals surface area contributed by atoms with Crippen LogP contribution in [0.3, 0.4) is 0 Å². The zero-order chi connectivity index (χ0) is 20.0. The Balaban J connectivity index is 1.96. The summed E-state index contributed by atoms with van der Waals surface area (Å²) in [7, 11) is 4.40. The maximum absolute atomic E-state index is 13.6. The van der Waals surface area contributed by atoms with Crippen LogP contribution in [0.15, 0.2) is 39.5 Å². The second kappa shape index (κ2) is 6.56. The Kier molecular flexibility index (Phi) is 4.18. The number of fused-ring (bicyclic) bond motifs is 2.